The Morgan fingerprint density at radius 1 is 1.17 bits per heavy atom. The summed E-state index contributed by atoms with van der Waals surface area (Å²) in [4.78, 5) is 24.5. The molecule has 0 aliphatic heterocycles. The van der Waals surface area contributed by atoms with Crippen LogP contribution in [-0.4, -0.2) is 56.5 Å². The van der Waals surface area contributed by atoms with E-state index in [0.717, 1.165) is 6.42 Å². The Bertz CT molecular complexity index is 267. The first-order chi connectivity index (χ1) is 8.36. The molecule has 4 N–H and O–H groups in total. The van der Waals surface area contributed by atoms with Crippen LogP contribution in [0.1, 0.15) is 20.3 Å². The topological polar surface area (TPSA) is 87.5 Å². The van der Waals surface area contributed by atoms with Crippen LogP contribution >= 0.6 is 0 Å². The lowest BCUT2D eigenvalue weighted by Gasteiger charge is -2.26. The van der Waals surface area contributed by atoms with Crippen LogP contribution in [0.2, 0.25) is 0 Å². The number of amides is 2. The van der Waals surface area contributed by atoms with Crippen LogP contribution < -0.4 is 16.4 Å². The van der Waals surface area contributed by atoms with Crippen molar-refractivity contribution in [2.75, 3.05) is 33.7 Å². The van der Waals surface area contributed by atoms with E-state index in [-0.39, 0.29) is 24.9 Å². The number of likely N-dealkylation sites (N-methyl/N-ethyl adjacent to an activating group) is 1. The second-order valence-corrected chi connectivity index (χ2v) is 5.03. The predicted molar refractivity (Wildman–Crippen MR) is 72.0 cm³/mol. The molecule has 0 heterocycles. The fraction of sp³-hybridized carbons (Fsp3) is 0.833. The summed E-state index contributed by atoms with van der Waals surface area (Å²) in [6.07, 6.45) is 1.02. The van der Waals surface area contributed by atoms with Gasteiger partial charge in [-0.1, -0.05) is 13.8 Å². The molecule has 0 aliphatic carbocycles. The lowest BCUT2D eigenvalue weighted by atomic mass is 10.0. The third-order valence-corrected chi connectivity index (χ3v) is 2.64. The smallest absolute Gasteiger partial charge is 0.239 e. The molecule has 18 heavy (non-hydrogen) atoms. The first-order valence-electron chi connectivity index (χ1n) is 6.26. The number of nitrogens with two attached hydrogens (primary N) is 1. The van der Waals surface area contributed by atoms with Gasteiger partial charge < -0.3 is 21.3 Å². The maximum Gasteiger partial charge on any atom is 0.239 e. The number of carbonyl (C=O) groups is 2. The molecule has 2 amide bonds. The first-order valence-corrected chi connectivity index (χ1v) is 6.26. The van der Waals surface area contributed by atoms with E-state index in [9.17, 15) is 9.59 Å². The molecule has 0 aromatic rings. The summed E-state index contributed by atoms with van der Waals surface area (Å²) in [7, 11) is 3.99. The normalized spacial score (nSPS) is 12.6. The van der Waals surface area contributed by atoms with E-state index >= 15 is 0 Å². The average Bonchev–Trinajstić information content (AvgIpc) is 2.30. The van der Waals surface area contributed by atoms with Crippen molar-refractivity contribution in [3.63, 3.8) is 0 Å². The van der Waals surface area contributed by atoms with Gasteiger partial charge >= 0.3 is 0 Å². The number of rotatable bonds is 8. The molecule has 0 saturated carbocycles. The van der Waals surface area contributed by atoms with E-state index in [1.54, 1.807) is 0 Å². The molecule has 0 saturated heterocycles. The lowest BCUT2D eigenvalue weighted by molar-refractivity contribution is -0.125. The van der Waals surface area contributed by atoms with Gasteiger partial charge in [0, 0.05) is 12.6 Å². The maximum absolute atomic E-state index is 11.5. The van der Waals surface area contributed by atoms with Crippen LogP contribution in [-0.2, 0) is 9.59 Å². The molecule has 1 unspecified atom stereocenters. The highest BCUT2D eigenvalue weighted by Crippen LogP contribution is 2.07. The van der Waals surface area contributed by atoms with Gasteiger partial charge in [0.25, 0.3) is 0 Å². The molecular formula is C12H26N4O2. The van der Waals surface area contributed by atoms with Crippen molar-refractivity contribution in [1.29, 1.82) is 0 Å². The molecule has 0 radical (unpaired) electrons. The molecule has 0 spiro atoms. The fourth-order valence-electron chi connectivity index (χ4n) is 1.57. The molecule has 6 heteroatoms. The third kappa shape index (κ3) is 8.03. The summed E-state index contributed by atoms with van der Waals surface area (Å²) in [6, 6.07) is 0.305. The Labute approximate surface area is 109 Å². The van der Waals surface area contributed by atoms with Crippen molar-refractivity contribution in [3.05, 3.63) is 0 Å². The molecule has 1 atom stereocenters. The number of nitrogens with one attached hydrogen (secondary N) is 2. The summed E-state index contributed by atoms with van der Waals surface area (Å²) >= 11 is 0. The summed E-state index contributed by atoms with van der Waals surface area (Å²) in [5.41, 5.74) is 5.12. The van der Waals surface area contributed by atoms with Crippen LogP contribution in [0.3, 0.4) is 0 Å². The van der Waals surface area contributed by atoms with E-state index in [1.807, 2.05) is 14.1 Å². The minimum absolute atomic E-state index is 0.0160. The maximum atomic E-state index is 11.5. The molecule has 0 aliphatic rings. The zero-order chi connectivity index (χ0) is 14.1. The van der Waals surface area contributed by atoms with E-state index < -0.39 is 0 Å². The van der Waals surface area contributed by atoms with Crippen molar-refractivity contribution >= 4 is 11.8 Å². The number of hydrogen-bond donors (Lipinski definition) is 3. The molecule has 0 aromatic heterocycles. The van der Waals surface area contributed by atoms with Gasteiger partial charge in [-0.25, -0.2) is 0 Å². The predicted octanol–water partition coefficient (Wildman–Crippen LogP) is -0.846. The van der Waals surface area contributed by atoms with Gasteiger partial charge in [0.1, 0.15) is 0 Å². The van der Waals surface area contributed by atoms with Gasteiger partial charge in [-0.2, -0.15) is 0 Å². The Balaban J connectivity index is 3.96. The van der Waals surface area contributed by atoms with Gasteiger partial charge in [0.2, 0.25) is 11.8 Å². The fourth-order valence-corrected chi connectivity index (χ4v) is 1.57. The highest BCUT2D eigenvalue weighted by Gasteiger charge is 2.14. The Hall–Kier alpha value is -1.14. The van der Waals surface area contributed by atoms with E-state index in [4.69, 9.17) is 5.73 Å². The van der Waals surface area contributed by atoms with Gasteiger partial charge in [-0.3, -0.25) is 9.59 Å². The number of nitrogens with zero attached hydrogens (tertiary/aromatic N) is 1. The second kappa shape index (κ2) is 8.88. The molecule has 106 valence electrons. The van der Waals surface area contributed by atoms with Crippen LogP contribution in [0.4, 0.5) is 0 Å². The van der Waals surface area contributed by atoms with E-state index in [1.165, 1.54) is 0 Å². The third-order valence-electron chi connectivity index (χ3n) is 2.64. The minimum Gasteiger partial charge on any atom is -0.353 e. The van der Waals surface area contributed by atoms with Crippen molar-refractivity contribution in [3.8, 4) is 0 Å². The van der Waals surface area contributed by atoms with E-state index in [0.29, 0.717) is 18.5 Å². The van der Waals surface area contributed by atoms with Gasteiger partial charge in [0.05, 0.1) is 13.1 Å². The first kappa shape index (κ1) is 16.9. The Morgan fingerprint density at radius 3 is 2.22 bits per heavy atom. The van der Waals surface area contributed by atoms with Crippen molar-refractivity contribution < 1.29 is 9.59 Å². The van der Waals surface area contributed by atoms with Gasteiger partial charge in [0.15, 0.2) is 0 Å². The highest BCUT2D eigenvalue weighted by atomic mass is 16.2. The Morgan fingerprint density at radius 2 is 1.78 bits per heavy atom. The second-order valence-electron chi connectivity index (χ2n) is 5.03. The van der Waals surface area contributed by atoms with Crippen molar-refractivity contribution in [2.24, 2.45) is 11.7 Å². The Kier molecular flexibility index (Phi) is 8.32. The van der Waals surface area contributed by atoms with Crippen LogP contribution in [0.25, 0.3) is 0 Å². The summed E-state index contributed by atoms with van der Waals surface area (Å²) in [5.74, 6) is 0.0649. The molecular weight excluding hydrogens is 232 g/mol. The molecule has 0 fully saturated rings. The van der Waals surface area contributed by atoms with Crippen LogP contribution in [0.15, 0.2) is 0 Å². The quantitative estimate of drug-likeness (QED) is 0.529. The molecule has 6 nitrogen and oxygen atoms in total. The zero-order valence-electron chi connectivity index (χ0n) is 11.8. The van der Waals surface area contributed by atoms with Crippen molar-refractivity contribution in [2.45, 2.75) is 26.3 Å². The number of hydrogen-bond acceptors (Lipinski definition) is 4. The largest absolute Gasteiger partial charge is 0.353 e. The zero-order valence-corrected chi connectivity index (χ0v) is 11.8. The van der Waals surface area contributed by atoms with Crippen molar-refractivity contribution in [1.82, 2.24) is 15.5 Å². The summed E-state index contributed by atoms with van der Waals surface area (Å²) < 4.78 is 0. The summed E-state index contributed by atoms with van der Waals surface area (Å²) in [6.45, 7) is 4.78. The standard InChI is InChI=1S/C12H26N4O2/c1-9(2)5-10(16(3)4)7-14-12(18)8-15-11(17)6-13/h9-10H,5-8,13H2,1-4H3,(H,14,18)(H,15,17). The van der Waals surface area contributed by atoms with E-state index in [2.05, 4.69) is 29.4 Å². The van der Waals surface area contributed by atoms with Crippen LogP contribution in [0.5, 0.6) is 0 Å². The summed E-state index contributed by atoms with van der Waals surface area (Å²) in [5, 5.41) is 5.25. The lowest BCUT2D eigenvalue weighted by Crippen LogP contribution is -2.45. The SMILES string of the molecule is CC(C)CC(CNC(=O)CNC(=O)CN)N(C)C. The van der Waals surface area contributed by atoms with Gasteiger partial charge in [-0.15, -0.1) is 0 Å². The average molecular weight is 258 g/mol. The van der Waals surface area contributed by atoms with Gasteiger partial charge in [-0.05, 0) is 26.4 Å². The molecule has 0 aromatic carbocycles. The minimum atomic E-state index is -0.323. The van der Waals surface area contributed by atoms with Crippen LogP contribution in [0, 0.1) is 5.92 Å². The molecule has 0 rings (SSSR count). The highest BCUT2D eigenvalue weighted by molar-refractivity contribution is 5.85. The number of carbonyl (C=O) groups excluding carboxylic acids is 2. The molecule has 0 bridgehead atoms. The monoisotopic (exact) mass is 258 g/mol.